The van der Waals surface area contributed by atoms with E-state index < -0.39 is 12.0 Å². The van der Waals surface area contributed by atoms with E-state index in [1.165, 1.54) is 0 Å². The van der Waals surface area contributed by atoms with Crippen LogP contribution in [0.3, 0.4) is 0 Å². The van der Waals surface area contributed by atoms with Crippen molar-refractivity contribution < 1.29 is 9.18 Å². The molecule has 92 valence electrons. The number of carbonyl (C=O) groups is 1. The predicted octanol–water partition coefficient (Wildman–Crippen LogP) is 3.62. The maximum absolute atomic E-state index is 14.2. The fourth-order valence-corrected chi connectivity index (χ4v) is 1.83. The summed E-state index contributed by atoms with van der Waals surface area (Å²) in [6, 6.07) is 15.4. The zero-order valence-corrected chi connectivity index (χ0v) is 10.1. The van der Waals surface area contributed by atoms with Crippen molar-refractivity contribution in [3.05, 3.63) is 65.7 Å². The minimum Gasteiger partial charge on any atom is -0.388 e. The molecule has 0 fully saturated rings. The molecule has 0 radical (unpaired) electrons. The fraction of sp³-hybridized carbons (Fsp3) is 0.133. The number of rotatable bonds is 4. The number of para-hydroxylation sites is 1. The van der Waals surface area contributed by atoms with Gasteiger partial charge in [0.15, 0.2) is 6.17 Å². The highest BCUT2D eigenvalue weighted by molar-refractivity contribution is 6.04. The highest BCUT2D eigenvalue weighted by atomic mass is 19.1. The van der Waals surface area contributed by atoms with Gasteiger partial charge in [0.25, 0.3) is 0 Å². The molecular weight excluding hydrogens is 229 g/mol. The topological polar surface area (TPSA) is 29.1 Å². The van der Waals surface area contributed by atoms with E-state index in [1.54, 1.807) is 61.6 Å². The van der Waals surface area contributed by atoms with E-state index in [0.717, 1.165) is 0 Å². The molecule has 0 amide bonds. The Morgan fingerprint density at radius 3 is 2.33 bits per heavy atom. The number of hydrogen-bond acceptors (Lipinski definition) is 2. The van der Waals surface area contributed by atoms with Crippen molar-refractivity contribution in [3.63, 3.8) is 0 Å². The summed E-state index contributed by atoms with van der Waals surface area (Å²) in [4.78, 5) is 12.1. The summed E-state index contributed by atoms with van der Waals surface area (Å²) in [6.07, 6.45) is -1.62. The van der Waals surface area contributed by atoms with Crippen LogP contribution in [0, 0.1) is 0 Å². The van der Waals surface area contributed by atoms with Crippen LogP contribution in [0.2, 0.25) is 0 Å². The number of benzene rings is 2. The Hall–Kier alpha value is -2.16. The van der Waals surface area contributed by atoms with Crippen molar-refractivity contribution in [1.82, 2.24) is 0 Å². The number of Topliss-reactive ketones (excluding diaryl/α,β-unsaturated/α-hetero) is 1. The average Bonchev–Trinajstić information content (AvgIpc) is 2.46. The molecule has 2 rings (SSSR count). The lowest BCUT2D eigenvalue weighted by molar-refractivity contribution is 0.0878. The Balaban J connectivity index is 2.32. The van der Waals surface area contributed by atoms with E-state index in [9.17, 15) is 9.18 Å². The second kappa shape index (κ2) is 5.45. The summed E-state index contributed by atoms with van der Waals surface area (Å²) in [7, 11) is 1.71. The van der Waals surface area contributed by atoms with Crippen LogP contribution in [0.1, 0.15) is 22.1 Å². The quantitative estimate of drug-likeness (QED) is 0.831. The zero-order chi connectivity index (χ0) is 13.0. The molecule has 0 bridgehead atoms. The molecule has 2 aromatic rings. The maximum Gasteiger partial charge on any atom is 0.203 e. The molecule has 1 atom stereocenters. The van der Waals surface area contributed by atoms with Crippen LogP contribution in [-0.4, -0.2) is 12.8 Å². The lowest BCUT2D eigenvalue weighted by atomic mass is 10.00. The van der Waals surface area contributed by atoms with Gasteiger partial charge < -0.3 is 5.32 Å². The second-order valence-corrected chi connectivity index (χ2v) is 3.93. The first-order chi connectivity index (χ1) is 8.74. The molecule has 3 heteroatoms. The minimum absolute atomic E-state index is 0.372. The third kappa shape index (κ3) is 2.40. The normalized spacial score (nSPS) is 11.9. The van der Waals surface area contributed by atoms with Crippen molar-refractivity contribution in [2.75, 3.05) is 12.4 Å². The van der Waals surface area contributed by atoms with Crippen molar-refractivity contribution >= 4 is 11.5 Å². The Morgan fingerprint density at radius 2 is 1.67 bits per heavy atom. The van der Waals surface area contributed by atoms with E-state index in [0.29, 0.717) is 16.8 Å². The molecule has 0 aliphatic carbocycles. The van der Waals surface area contributed by atoms with Gasteiger partial charge in [0.2, 0.25) is 5.78 Å². The molecule has 2 nitrogen and oxygen atoms in total. The highest BCUT2D eigenvalue weighted by Gasteiger charge is 2.22. The molecule has 1 N–H and O–H groups in total. The van der Waals surface area contributed by atoms with Crippen LogP contribution in [0.15, 0.2) is 54.6 Å². The largest absolute Gasteiger partial charge is 0.388 e. The number of ketones is 1. The SMILES string of the molecule is CNc1ccccc1C(=O)C(F)c1ccccc1. The second-order valence-electron chi connectivity index (χ2n) is 3.93. The van der Waals surface area contributed by atoms with Crippen LogP contribution in [0.25, 0.3) is 0 Å². The maximum atomic E-state index is 14.2. The van der Waals surface area contributed by atoms with Gasteiger partial charge in [-0.25, -0.2) is 4.39 Å². The number of halogens is 1. The molecular formula is C15H14FNO. The molecule has 18 heavy (non-hydrogen) atoms. The molecule has 0 aliphatic heterocycles. The fourth-order valence-electron chi connectivity index (χ4n) is 1.83. The first-order valence-electron chi connectivity index (χ1n) is 5.74. The summed E-state index contributed by atoms with van der Waals surface area (Å²) in [6.45, 7) is 0. The minimum atomic E-state index is -1.62. The first-order valence-corrected chi connectivity index (χ1v) is 5.74. The van der Waals surface area contributed by atoms with Gasteiger partial charge in [-0.05, 0) is 17.7 Å². The van der Waals surface area contributed by atoms with E-state index in [4.69, 9.17) is 0 Å². The number of hydrogen-bond donors (Lipinski definition) is 1. The van der Waals surface area contributed by atoms with Crippen molar-refractivity contribution in [2.45, 2.75) is 6.17 Å². The van der Waals surface area contributed by atoms with Gasteiger partial charge in [-0.15, -0.1) is 0 Å². The van der Waals surface area contributed by atoms with Gasteiger partial charge >= 0.3 is 0 Å². The summed E-state index contributed by atoms with van der Waals surface area (Å²) in [5.41, 5.74) is 1.39. The number of anilines is 1. The monoisotopic (exact) mass is 243 g/mol. The molecule has 0 saturated heterocycles. The molecule has 0 spiro atoms. The van der Waals surface area contributed by atoms with Gasteiger partial charge in [0.05, 0.1) is 0 Å². The van der Waals surface area contributed by atoms with Gasteiger partial charge in [-0.3, -0.25) is 4.79 Å². The van der Waals surface area contributed by atoms with Crippen LogP contribution >= 0.6 is 0 Å². The third-order valence-electron chi connectivity index (χ3n) is 2.78. The summed E-state index contributed by atoms with van der Waals surface area (Å²) < 4.78 is 14.2. The van der Waals surface area contributed by atoms with Crippen molar-refractivity contribution in [2.24, 2.45) is 0 Å². The summed E-state index contributed by atoms with van der Waals surface area (Å²) in [5.74, 6) is -0.522. The van der Waals surface area contributed by atoms with E-state index in [-0.39, 0.29) is 0 Å². The van der Waals surface area contributed by atoms with Crippen LogP contribution < -0.4 is 5.32 Å². The van der Waals surface area contributed by atoms with Gasteiger partial charge in [-0.2, -0.15) is 0 Å². The van der Waals surface area contributed by atoms with Crippen molar-refractivity contribution in [3.8, 4) is 0 Å². The van der Waals surface area contributed by atoms with E-state index >= 15 is 0 Å². The van der Waals surface area contributed by atoms with Crippen LogP contribution in [0.5, 0.6) is 0 Å². The van der Waals surface area contributed by atoms with Gasteiger partial charge in [0.1, 0.15) is 0 Å². The van der Waals surface area contributed by atoms with Gasteiger partial charge in [-0.1, -0.05) is 42.5 Å². The van der Waals surface area contributed by atoms with E-state index in [1.807, 2.05) is 0 Å². The number of nitrogens with one attached hydrogen (secondary N) is 1. The molecule has 0 saturated carbocycles. The van der Waals surface area contributed by atoms with Crippen molar-refractivity contribution in [1.29, 1.82) is 0 Å². The Kier molecular flexibility index (Phi) is 3.72. The molecule has 0 aromatic heterocycles. The highest BCUT2D eigenvalue weighted by Crippen LogP contribution is 2.25. The average molecular weight is 243 g/mol. The molecule has 0 aliphatic rings. The molecule has 1 unspecified atom stereocenters. The molecule has 0 heterocycles. The Labute approximate surface area is 105 Å². The van der Waals surface area contributed by atoms with Crippen LogP contribution in [-0.2, 0) is 0 Å². The Bertz CT molecular complexity index is 539. The van der Waals surface area contributed by atoms with E-state index in [2.05, 4.69) is 5.32 Å². The lowest BCUT2D eigenvalue weighted by Crippen LogP contribution is -2.10. The summed E-state index contributed by atoms with van der Waals surface area (Å²) >= 11 is 0. The first kappa shape index (κ1) is 12.3. The lowest BCUT2D eigenvalue weighted by Gasteiger charge is -2.11. The smallest absolute Gasteiger partial charge is 0.203 e. The predicted molar refractivity (Wildman–Crippen MR) is 70.6 cm³/mol. The summed E-state index contributed by atoms with van der Waals surface area (Å²) in [5, 5.41) is 2.90. The standard InChI is InChI=1S/C15H14FNO/c1-17-13-10-6-5-9-12(13)15(18)14(16)11-7-3-2-4-8-11/h2-10,14,17H,1H3. The number of carbonyl (C=O) groups excluding carboxylic acids is 1. The Morgan fingerprint density at radius 1 is 1.06 bits per heavy atom. The third-order valence-corrected chi connectivity index (χ3v) is 2.78. The van der Waals surface area contributed by atoms with Gasteiger partial charge in [0, 0.05) is 18.3 Å². The molecule has 2 aromatic carbocycles. The van der Waals surface area contributed by atoms with Crippen LogP contribution in [0.4, 0.5) is 10.1 Å². The zero-order valence-electron chi connectivity index (χ0n) is 10.1. The number of alkyl halides is 1.